The van der Waals surface area contributed by atoms with Crippen molar-refractivity contribution < 1.29 is 9.59 Å². The van der Waals surface area contributed by atoms with Crippen LogP contribution in [0.4, 0.5) is 11.6 Å². The summed E-state index contributed by atoms with van der Waals surface area (Å²) in [5, 5.41) is 4.33. The number of pyridine rings is 1. The molecule has 5 rings (SSSR count). The third kappa shape index (κ3) is 4.57. The number of rotatable bonds is 5. The number of aryl methyl sites for hydroxylation is 1. The molecule has 178 valence electrons. The van der Waals surface area contributed by atoms with E-state index in [1.165, 1.54) is 0 Å². The van der Waals surface area contributed by atoms with Gasteiger partial charge in [0.15, 0.2) is 0 Å². The Morgan fingerprint density at radius 2 is 1.83 bits per heavy atom. The zero-order chi connectivity index (χ0) is 24.4. The monoisotopic (exact) mass is 469 g/mol. The number of piperazine rings is 1. The second-order valence-electron chi connectivity index (χ2n) is 8.49. The van der Waals surface area contributed by atoms with Crippen molar-refractivity contribution in [2.75, 3.05) is 31.5 Å². The first-order chi connectivity index (χ1) is 17.0. The molecule has 9 nitrogen and oxygen atoms in total. The van der Waals surface area contributed by atoms with Gasteiger partial charge in [0.05, 0.1) is 17.4 Å². The molecule has 1 aromatic carbocycles. The molecule has 3 aromatic heterocycles. The molecule has 0 bridgehead atoms. The summed E-state index contributed by atoms with van der Waals surface area (Å²) in [5.74, 6) is 0.447. The molecular weight excluding hydrogens is 442 g/mol. The molecule has 1 N–H and O–H groups in total. The standard InChI is InChI=1S/C26H27N7O2/c1-3-31-17-22(21-7-9-27-16-24(21)31)23-8-10-28-26(30-23)29-20-6-4-5-19(15-20)25(35)33-13-11-32(12-14-33)18(2)34/h4-10,15-17H,3,11-14H2,1-2H3,(H,28,29,30). The molecule has 0 unspecified atom stereocenters. The van der Waals surface area contributed by atoms with Crippen molar-refractivity contribution in [1.82, 2.24) is 29.3 Å². The van der Waals surface area contributed by atoms with Gasteiger partial charge in [-0.15, -0.1) is 0 Å². The van der Waals surface area contributed by atoms with E-state index in [4.69, 9.17) is 4.98 Å². The van der Waals surface area contributed by atoms with Crippen molar-refractivity contribution in [3.8, 4) is 11.3 Å². The first-order valence-electron chi connectivity index (χ1n) is 11.7. The van der Waals surface area contributed by atoms with E-state index in [0.717, 1.165) is 34.4 Å². The van der Waals surface area contributed by atoms with Crippen LogP contribution in [0.3, 0.4) is 0 Å². The predicted molar refractivity (Wildman–Crippen MR) is 134 cm³/mol. The molecule has 2 amide bonds. The average Bonchev–Trinajstić information content (AvgIpc) is 3.27. The van der Waals surface area contributed by atoms with Gasteiger partial charge in [-0.3, -0.25) is 14.6 Å². The highest BCUT2D eigenvalue weighted by molar-refractivity contribution is 5.96. The second-order valence-corrected chi connectivity index (χ2v) is 8.49. The number of benzene rings is 1. The number of nitrogens with zero attached hydrogens (tertiary/aromatic N) is 6. The van der Waals surface area contributed by atoms with Gasteiger partial charge < -0.3 is 19.7 Å². The SMILES string of the molecule is CCn1cc(-c2ccnc(Nc3cccc(C(=O)N4CCN(C(C)=O)CC4)c3)n2)c2ccncc21. The van der Waals surface area contributed by atoms with E-state index in [1.807, 2.05) is 36.5 Å². The second kappa shape index (κ2) is 9.54. The third-order valence-corrected chi connectivity index (χ3v) is 6.33. The topological polar surface area (TPSA) is 96.2 Å². The fraction of sp³-hybridized carbons (Fsp3) is 0.269. The number of fused-ring (bicyclic) bond motifs is 1. The maximum Gasteiger partial charge on any atom is 0.254 e. The fourth-order valence-electron chi connectivity index (χ4n) is 4.44. The van der Waals surface area contributed by atoms with Crippen LogP contribution in [0.2, 0.25) is 0 Å². The van der Waals surface area contributed by atoms with E-state index >= 15 is 0 Å². The molecule has 4 aromatic rings. The van der Waals surface area contributed by atoms with Crippen LogP contribution in [-0.4, -0.2) is 67.3 Å². The quantitative estimate of drug-likeness (QED) is 0.480. The van der Waals surface area contributed by atoms with Gasteiger partial charge in [-0.2, -0.15) is 0 Å². The van der Waals surface area contributed by atoms with Crippen molar-refractivity contribution in [1.29, 1.82) is 0 Å². The third-order valence-electron chi connectivity index (χ3n) is 6.33. The Morgan fingerprint density at radius 3 is 2.60 bits per heavy atom. The normalized spacial score (nSPS) is 13.8. The zero-order valence-corrected chi connectivity index (χ0v) is 19.8. The summed E-state index contributed by atoms with van der Waals surface area (Å²) < 4.78 is 2.15. The number of nitrogens with one attached hydrogen (secondary N) is 1. The van der Waals surface area contributed by atoms with Gasteiger partial charge in [0.2, 0.25) is 11.9 Å². The number of amides is 2. The van der Waals surface area contributed by atoms with Gasteiger partial charge in [0, 0.05) is 80.4 Å². The molecule has 0 aliphatic carbocycles. The van der Waals surface area contributed by atoms with E-state index in [1.54, 1.807) is 35.2 Å². The lowest BCUT2D eigenvalue weighted by Gasteiger charge is -2.34. The van der Waals surface area contributed by atoms with E-state index in [0.29, 0.717) is 37.7 Å². The Balaban J connectivity index is 1.35. The molecule has 1 aliphatic heterocycles. The Kier molecular flexibility index (Phi) is 6.13. The van der Waals surface area contributed by atoms with Crippen molar-refractivity contribution in [3.05, 3.63) is 66.7 Å². The van der Waals surface area contributed by atoms with E-state index < -0.39 is 0 Å². The van der Waals surface area contributed by atoms with Crippen molar-refractivity contribution >= 4 is 34.4 Å². The van der Waals surface area contributed by atoms with Gasteiger partial charge in [0.25, 0.3) is 5.91 Å². The minimum atomic E-state index is -0.0486. The van der Waals surface area contributed by atoms with Crippen LogP contribution in [0.25, 0.3) is 22.2 Å². The summed E-state index contributed by atoms with van der Waals surface area (Å²) in [6.45, 7) is 6.67. The minimum absolute atomic E-state index is 0.0430. The van der Waals surface area contributed by atoms with E-state index in [-0.39, 0.29) is 11.8 Å². The molecule has 0 saturated carbocycles. The van der Waals surface area contributed by atoms with E-state index in [2.05, 4.69) is 33.0 Å². The van der Waals surface area contributed by atoms with Gasteiger partial charge in [-0.1, -0.05) is 6.07 Å². The average molecular weight is 470 g/mol. The first-order valence-corrected chi connectivity index (χ1v) is 11.7. The first kappa shape index (κ1) is 22.5. The maximum absolute atomic E-state index is 13.0. The molecule has 0 radical (unpaired) electrons. The number of hydrogen-bond donors (Lipinski definition) is 1. The number of carbonyl (C=O) groups excluding carboxylic acids is 2. The lowest BCUT2D eigenvalue weighted by atomic mass is 10.1. The Bertz CT molecular complexity index is 1390. The largest absolute Gasteiger partial charge is 0.346 e. The fourth-order valence-corrected chi connectivity index (χ4v) is 4.44. The summed E-state index contributed by atoms with van der Waals surface area (Å²) in [6, 6.07) is 11.2. The smallest absolute Gasteiger partial charge is 0.254 e. The number of carbonyl (C=O) groups is 2. The number of anilines is 2. The van der Waals surface area contributed by atoms with Crippen LogP contribution in [0.15, 0.2) is 61.2 Å². The zero-order valence-electron chi connectivity index (χ0n) is 19.8. The Morgan fingerprint density at radius 1 is 1.03 bits per heavy atom. The van der Waals surface area contributed by atoms with Gasteiger partial charge in [-0.25, -0.2) is 9.97 Å². The Labute approximate surface area is 203 Å². The lowest BCUT2D eigenvalue weighted by molar-refractivity contribution is -0.130. The summed E-state index contributed by atoms with van der Waals surface area (Å²) in [7, 11) is 0. The summed E-state index contributed by atoms with van der Waals surface area (Å²) in [6.07, 6.45) is 7.47. The molecule has 9 heteroatoms. The van der Waals surface area contributed by atoms with Crippen LogP contribution in [0.5, 0.6) is 0 Å². The van der Waals surface area contributed by atoms with E-state index in [9.17, 15) is 9.59 Å². The lowest BCUT2D eigenvalue weighted by Crippen LogP contribution is -2.50. The molecule has 1 aliphatic rings. The summed E-state index contributed by atoms with van der Waals surface area (Å²) >= 11 is 0. The molecule has 1 fully saturated rings. The summed E-state index contributed by atoms with van der Waals surface area (Å²) in [5.41, 5.74) is 4.20. The van der Waals surface area contributed by atoms with Crippen LogP contribution < -0.4 is 5.32 Å². The molecule has 35 heavy (non-hydrogen) atoms. The highest BCUT2D eigenvalue weighted by Crippen LogP contribution is 2.29. The molecule has 0 spiro atoms. The van der Waals surface area contributed by atoms with Gasteiger partial charge in [-0.05, 0) is 37.3 Å². The van der Waals surface area contributed by atoms with Crippen molar-refractivity contribution in [2.24, 2.45) is 0 Å². The molecular formula is C26H27N7O2. The molecule has 0 atom stereocenters. The molecule has 1 saturated heterocycles. The number of aromatic nitrogens is 4. The summed E-state index contributed by atoms with van der Waals surface area (Å²) in [4.78, 5) is 41.5. The predicted octanol–water partition coefficient (Wildman–Crippen LogP) is 3.56. The maximum atomic E-state index is 13.0. The van der Waals surface area contributed by atoms with Gasteiger partial charge >= 0.3 is 0 Å². The minimum Gasteiger partial charge on any atom is -0.346 e. The van der Waals surface area contributed by atoms with Crippen LogP contribution >= 0.6 is 0 Å². The van der Waals surface area contributed by atoms with Crippen LogP contribution in [0.1, 0.15) is 24.2 Å². The molecule has 4 heterocycles. The van der Waals surface area contributed by atoms with Crippen LogP contribution in [-0.2, 0) is 11.3 Å². The van der Waals surface area contributed by atoms with Gasteiger partial charge in [0.1, 0.15) is 0 Å². The highest BCUT2D eigenvalue weighted by Gasteiger charge is 2.23. The van der Waals surface area contributed by atoms with Crippen molar-refractivity contribution in [2.45, 2.75) is 20.4 Å². The Hall–Kier alpha value is -4.27. The number of hydrogen-bond acceptors (Lipinski definition) is 6. The highest BCUT2D eigenvalue weighted by atomic mass is 16.2. The van der Waals surface area contributed by atoms with Crippen LogP contribution in [0, 0.1) is 0 Å². The van der Waals surface area contributed by atoms with Crippen molar-refractivity contribution in [3.63, 3.8) is 0 Å².